The summed E-state index contributed by atoms with van der Waals surface area (Å²) in [5.41, 5.74) is 1.09. The molecule has 23 heavy (non-hydrogen) atoms. The van der Waals surface area contributed by atoms with Crippen LogP contribution in [-0.2, 0) is 16.3 Å². The molecular formula is C16H24N2O4S. The number of furan rings is 1. The lowest BCUT2D eigenvalue weighted by atomic mass is 9.75. The molecule has 1 aliphatic carbocycles. The van der Waals surface area contributed by atoms with Gasteiger partial charge in [-0.2, -0.15) is 0 Å². The minimum atomic E-state index is -3.00. The van der Waals surface area contributed by atoms with Gasteiger partial charge in [-0.25, -0.2) is 13.2 Å². The van der Waals surface area contributed by atoms with Gasteiger partial charge in [-0.05, 0) is 31.2 Å². The molecule has 1 fully saturated rings. The van der Waals surface area contributed by atoms with Gasteiger partial charge < -0.3 is 15.1 Å². The highest BCUT2D eigenvalue weighted by Crippen LogP contribution is 2.41. The standard InChI is InChI=1S/C16H24N2O4S/c1-10-6-12-13(7-16(2,3)8-14(12)22-10)18-15(19)17-11-4-5-23(20,21)9-11/h6,11,13H,4-5,7-9H2,1-3H3,(H2,17,18,19)/t11-,13-/m1/s1. The summed E-state index contributed by atoms with van der Waals surface area (Å²) in [6, 6.07) is 1.28. The van der Waals surface area contributed by atoms with Crippen LogP contribution in [0.15, 0.2) is 10.5 Å². The van der Waals surface area contributed by atoms with Crippen LogP contribution in [0, 0.1) is 12.3 Å². The van der Waals surface area contributed by atoms with Crippen LogP contribution in [0.1, 0.15) is 49.8 Å². The van der Waals surface area contributed by atoms with Gasteiger partial charge in [0.25, 0.3) is 0 Å². The first-order valence-corrected chi connectivity index (χ1v) is 9.82. The minimum Gasteiger partial charge on any atom is -0.466 e. The van der Waals surface area contributed by atoms with Gasteiger partial charge in [0, 0.05) is 18.0 Å². The van der Waals surface area contributed by atoms with Gasteiger partial charge in [-0.15, -0.1) is 0 Å². The van der Waals surface area contributed by atoms with E-state index in [-0.39, 0.29) is 35.0 Å². The fraction of sp³-hybridized carbons (Fsp3) is 0.688. The molecule has 0 radical (unpaired) electrons. The van der Waals surface area contributed by atoms with Crippen LogP contribution in [0.4, 0.5) is 4.79 Å². The van der Waals surface area contributed by atoms with Crippen LogP contribution in [0.2, 0.25) is 0 Å². The number of carbonyl (C=O) groups excluding carboxylic acids is 1. The Bertz CT molecular complexity index is 720. The third-order valence-corrected chi connectivity index (χ3v) is 6.38. The van der Waals surface area contributed by atoms with E-state index in [9.17, 15) is 13.2 Å². The maximum Gasteiger partial charge on any atom is 0.315 e. The second-order valence-electron chi connectivity index (χ2n) is 7.55. The van der Waals surface area contributed by atoms with Gasteiger partial charge >= 0.3 is 6.03 Å². The molecule has 2 atom stereocenters. The summed E-state index contributed by atoms with van der Waals surface area (Å²) in [5, 5.41) is 5.78. The van der Waals surface area contributed by atoms with E-state index >= 15 is 0 Å². The molecule has 2 N–H and O–H groups in total. The average Bonchev–Trinajstić information content (AvgIpc) is 2.90. The molecule has 128 valence electrons. The lowest BCUT2D eigenvalue weighted by Gasteiger charge is -2.34. The summed E-state index contributed by atoms with van der Waals surface area (Å²) >= 11 is 0. The first-order valence-electron chi connectivity index (χ1n) is 8.00. The largest absolute Gasteiger partial charge is 0.466 e. The first-order chi connectivity index (χ1) is 10.6. The fourth-order valence-corrected chi connectivity index (χ4v) is 5.28. The molecule has 0 saturated carbocycles. The van der Waals surface area contributed by atoms with E-state index in [0.29, 0.717) is 6.42 Å². The Morgan fingerprint density at radius 1 is 1.35 bits per heavy atom. The molecule has 1 aliphatic heterocycles. The maximum absolute atomic E-state index is 12.3. The molecular weight excluding hydrogens is 316 g/mol. The summed E-state index contributed by atoms with van der Waals surface area (Å²) in [7, 11) is -3.00. The van der Waals surface area contributed by atoms with Crippen LogP contribution in [0.25, 0.3) is 0 Å². The minimum absolute atomic E-state index is 0.0344. The van der Waals surface area contributed by atoms with Crippen molar-refractivity contribution < 1.29 is 17.6 Å². The first kappa shape index (κ1) is 16.4. The Kier molecular flexibility index (Phi) is 3.94. The molecule has 1 aromatic heterocycles. The number of rotatable bonds is 2. The Morgan fingerprint density at radius 2 is 2.09 bits per heavy atom. The lowest BCUT2D eigenvalue weighted by molar-refractivity contribution is 0.212. The zero-order valence-corrected chi connectivity index (χ0v) is 14.6. The van der Waals surface area contributed by atoms with Crippen LogP contribution in [0.3, 0.4) is 0 Å². The summed E-state index contributed by atoms with van der Waals surface area (Å²) in [6.45, 7) is 6.22. The highest BCUT2D eigenvalue weighted by molar-refractivity contribution is 7.91. The van der Waals surface area contributed by atoms with Crippen molar-refractivity contribution in [2.45, 2.75) is 52.1 Å². The number of nitrogens with one attached hydrogen (secondary N) is 2. The third kappa shape index (κ3) is 3.71. The highest BCUT2D eigenvalue weighted by Gasteiger charge is 2.36. The zero-order chi connectivity index (χ0) is 16.8. The molecule has 2 aliphatic rings. The molecule has 2 amide bonds. The van der Waals surface area contributed by atoms with Crippen molar-refractivity contribution in [1.82, 2.24) is 10.6 Å². The molecule has 0 spiro atoms. The Labute approximate surface area is 136 Å². The normalized spacial score (nSPS) is 28.1. The topological polar surface area (TPSA) is 88.4 Å². The van der Waals surface area contributed by atoms with E-state index in [4.69, 9.17) is 4.42 Å². The number of hydrogen-bond acceptors (Lipinski definition) is 4. The van der Waals surface area contributed by atoms with Crippen molar-refractivity contribution >= 4 is 15.9 Å². The Balaban J connectivity index is 1.68. The van der Waals surface area contributed by atoms with Crippen molar-refractivity contribution in [2.24, 2.45) is 5.41 Å². The second kappa shape index (κ2) is 5.54. The smallest absolute Gasteiger partial charge is 0.315 e. The second-order valence-corrected chi connectivity index (χ2v) is 9.78. The number of urea groups is 1. The quantitative estimate of drug-likeness (QED) is 0.863. The summed E-state index contributed by atoms with van der Waals surface area (Å²) in [4.78, 5) is 12.3. The van der Waals surface area contributed by atoms with Gasteiger partial charge in [-0.1, -0.05) is 13.8 Å². The van der Waals surface area contributed by atoms with E-state index in [1.807, 2.05) is 13.0 Å². The van der Waals surface area contributed by atoms with Gasteiger partial charge in [0.1, 0.15) is 11.5 Å². The lowest BCUT2D eigenvalue weighted by Crippen LogP contribution is -2.45. The Morgan fingerprint density at radius 3 is 2.74 bits per heavy atom. The van der Waals surface area contributed by atoms with Crippen molar-refractivity contribution in [3.8, 4) is 0 Å². The van der Waals surface area contributed by atoms with Gasteiger partial charge in [-0.3, -0.25) is 0 Å². The summed E-state index contributed by atoms with van der Waals surface area (Å²) in [6.07, 6.45) is 2.17. The number of amides is 2. The van der Waals surface area contributed by atoms with E-state index in [1.165, 1.54) is 0 Å². The SMILES string of the molecule is Cc1cc2c(o1)CC(C)(C)C[C@H]2NC(=O)N[C@@H]1CCS(=O)(=O)C1. The zero-order valence-electron chi connectivity index (χ0n) is 13.8. The van der Waals surface area contributed by atoms with Crippen LogP contribution in [0.5, 0.6) is 0 Å². The predicted octanol–water partition coefficient (Wildman–Crippen LogP) is 2.09. The van der Waals surface area contributed by atoms with Crippen molar-refractivity contribution in [3.05, 3.63) is 23.2 Å². The van der Waals surface area contributed by atoms with E-state index < -0.39 is 9.84 Å². The molecule has 1 saturated heterocycles. The summed E-state index contributed by atoms with van der Waals surface area (Å²) < 4.78 is 28.7. The van der Waals surface area contributed by atoms with Crippen LogP contribution >= 0.6 is 0 Å². The number of aryl methyl sites for hydroxylation is 1. The van der Waals surface area contributed by atoms with Crippen LogP contribution < -0.4 is 10.6 Å². The summed E-state index contributed by atoms with van der Waals surface area (Å²) in [5.74, 6) is 1.97. The van der Waals surface area contributed by atoms with E-state index in [0.717, 1.165) is 29.9 Å². The van der Waals surface area contributed by atoms with Crippen molar-refractivity contribution in [2.75, 3.05) is 11.5 Å². The maximum atomic E-state index is 12.3. The molecule has 0 aromatic carbocycles. The Hall–Kier alpha value is -1.50. The predicted molar refractivity (Wildman–Crippen MR) is 87.0 cm³/mol. The number of hydrogen-bond donors (Lipinski definition) is 2. The van der Waals surface area contributed by atoms with Gasteiger partial charge in [0.15, 0.2) is 9.84 Å². The van der Waals surface area contributed by atoms with Gasteiger partial charge in [0.2, 0.25) is 0 Å². The molecule has 6 nitrogen and oxygen atoms in total. The molecule has 1 aromatic rings. The van der Waals surface area contributed by atoms with Crippen molar-refractivity contribution in [1.29, 1.82) is 0 Å². The third-order valence-electron chi connectivity index (χ3n) is 4.61. The molecule has 0 bridgehead atoms. The molecule has 2 heterocycles. The number of fused-ring (bicyclic) bond motifs is 1. The molecule has 3 rings (SSSR count). The van der Waals surface area contributed by atoms with Crippen molar-refractivity contribution in [3.63, 3.8) is 0 Å². The number of carbonyl (C=O) groups is 1. The monoisotopic (exact) mass is 340 g/mol. The van der Waals surface area contributed by atoms with Crippen LogP contribution in [-0.4, -0.2) is 32.0 Å². The fourth-order valence-electron chi connectivity index (χ4n) is 3.61. The van der Waals surface area contributed by atoms with Gasteiger partial charge in [0.05, 0.1) is 17.5 Å². The van der Waals surface area contributed by atoms with E-state index in [1.54, 1.807) is 0 Å². The van der Waals surface area contributed by atoms with E-state index in [2.05, 4.69) is 24.5 Å². The number of sulfone groups is 1. The molecule has 7 heteroatoms. The highest BCUT2D eigenvalue weighted by atomic mass is 32.2. The molecule has 0 unspecified atom stereocenters. The average molecular weight is 340 g/mol.